The van der Waals surface area contributed by atoms with Gasteiger partial charge in [0.15, 0.2) is 0 Å². The molecule has 2 aromatic carbocycles. The van der Waals surface area contributed by atoms with Gasteiger partial charge >= 0.3 is 0 Å². The van der Waals surface area contributed by atoms with Crippen LogP contribution < -0.4 is 9.64 Å². The second-order valence-electron chi connectivity index (χ2n) is 7.28. The SMILES string of the molecule is COc1ccc(N2C(=O)C(Sc3ccc(Cl)cc3)=C(N3CCCCCC3)C2=O)cc1. The molecule has 0 aromatic heterocycles. The van der Waals surface area contributed by atoms with Crippen LogP contribution in [0.3, 0.4) is 0 Å². The lowest BCUT2D eigenvalue weighted by molar-refractivity contribution is -0.121. The standard InChI is InChI=1S/C23H23ClN2O3S/c1-29-18-10-8-17(9-11-18)26-22(27)20(25-14-4-2-3-5-15-25)21(23(26)28)30-19-12-6-16(24)7-13-19/h6-13H,2-5,14-15H2,1H3. The van der Waals surface area contributed by atoms with E-state index in [1.165, 1.54) is 16.7 Å². The van der Waals surface area contributed by atoms with Crippen LogP contribution in [-0.4, -0.2) is 36.9 Å². The molecule has 0 bridgehead atoms. The van der Waals surface area contributed by atoms with Gasteiger partial charge in [-0.3, -0.25) is 9.59 Å². The van der Waals surface area contributed by atoms with Gasteiger partial charge in [0.05, 0.1) is 12.8 Å². The molecular formula is C23H23ClN2O3S. The number of thioether (sulfide) groups is 1. The van der Waals surface area contributed by atoms with Gasteiger partial charge in [-0.15, -0.1) is 0 Å². The van der Waals surface area contributed by atoms with Gasteiger partial charge in [-0.1, -0.05) is 36.2 Å². The summed E-state index contributed by atoms with van der Waals surface area (Å²) in [6, 6.07) is 14.3. The van der Waals surface area contributed by atoms with E-state index < -0.39 is 0 Å². The first-order chi connectivity index (χ1) is 14.6. The van der Waals surface area contributed by atoms with Crippen molar-refractivity contribution in [3.8, 4) is 5.75 Å². The number of nitrogens with zero attached hydrogens (tertiary/aromatic N) is 2. The minimum absolute atomic E-state index is 0.261. The second kappa shape index (κ2) is 9.14. The van der Waals surface area contributed by atoms with Gasteiger partial charge < -0.3 is 9.64 Å². The minimum Gasteiger partial charge on any atom is -0.497 e. The summed E-state index contributed by atoms with van der Waals surface area (Å²) in [6.07, 6.45) is 4.33. The number of halogens is 1. The molecule has 0 unspecified atom stereocenters. The number of hydrogen-bond donors (Lipinski definition) is 0. The number of rotatable bonds is 5. The minimum atomic E-state index is -0.288. The molecule has 30 heavy (non-hydrogen) atoms. The van der Waals surface area contributed by atoms with Crippen LogP contribution in [0, 0.1) is 0 Å². The van der Waals surface area contributed by atoms with E-state index >= 15 is 0 Å². The molecular weight excluding hydrogens is 420 g/mol. The number of amides is 2. The fraction of sp³-hybridized carbons (Fsp3) is 0.304. The molecule has 1 fully saturated rings. The fourth-order valence-electron chi connectivity index (χ4n) is 3.75. The summed E-state index contributed by atoms with van der Waals surface area (Å²) in [6.45, 7) is 1.57. The van der Waals surface area contributed by atoms with E-state index in [2.05, 4.69) is 4.90 Å². The van der Waals surface area contributed by atoms with E-state index in [4.69, 9.17) is 16.3 Å². The molecule has 0 spiro atoms. The van der Waals surface area contributed by atoms with Gasteiger partial charge in [-0.25, -0.2) is 4.90 Å². The highest BCUT2D eigenvalue weighted by Crippen LogP contribution is 2.39. The van der Waals surface area contributed by atoms with Crippen LogP contribution in [0.25, 0.3) is 0 Å². The highest BCUT2D eigenvalue weighted by molar-refractivity contribution is 8.04. The Morgan fingerprint density at radius 3 is 2.10 bits per heavy atom. The Hall–Kier alpha value is -2.44. The number of ether oxygens (including phenoxy) is 1. The van der Waals surface area contributed by atoms with Gasteiger partial charge in [-0.2, -0.15) is 0 Å². The first-order valence-electron chi connectivity index (χ1n) is 10.0. The van der Waals surface area contributed by atoms with Crippen molar-refractivity contribution in [3.05, 3.63) is 64.2 Å². The smallest absolute Gasteiger partial charge is 0.283 e. The van der Waals surface area contributed by atoms with Crippen LogP contribution in [0.5, 0.6) is 5.75 Å². The number of carbonyl (C=O) groups excluding carboxylic acids is 2. The largest absolute Gasteiger partial charge is 0.497 e. The van der Waals surface area contributed by atoms with Crippen LogP contribution in [-0.2, 0) is 9.59 Å². The van der Waals surface area contributed by atoms with Gasteiger partial charge in [0, 0.05) is 23.0 Å². The number of hydrogen-bond acceptors (Lipinski definition) is 5. The Kier molecular flexibility index (Phi) is 6.35. The molecule has 156 valence electrons. The van der Waals surface area contributed by atoms with Gasteiger partial charge in [0.25, 0.3) is 11.8 Å². The normalized spacial score (nSPS) is 17.5. The molecule has 2 amide bonds. The molecule has 0 N–H and O–H groups in total. The van der Waals surface area contributed by atoms with E-state index in [1.54, 1.807) is 43.5 Å². The maximum absolute atomic E-state index is 13.5. The van der Waals surface area contributed by atoms with Crippen molar-refractivity contribution in [1.29, 1.82) is 0 Å². The van der Waals surface area contributed by atoms with E-state index in [0.29, 0.717) is 27.1 Å². The number of carbonyl (C=O) groups is 2. The molecule has 2 aliphatic rings. The third-order valence-electron chi connectivity index (χ3n) is 5.30. The van der Waals surface area contributed by atoms with E-state index in [0.717, 1.165) is 43.7 Å². The van der Waals surface area contributed by atoms with Crippen molar-refractivity contribution < 1.29 is 14.3 Å². The quantitative estimate of drug-likeness (QED) is 0.603. The van der Waals surface area contributed by atoms with Crippen LogP contribution in [0.2, 0.25) is 5.02 Å². The molecule has 0 saturated carbocycles. The Labute approximate surface area is 185 Å². The zero-order valence-electron chi connectivity index (χ0n) is 16.8. The van der Waals surface area contributed by atoms with E-state index in [1.807, 2.05) is 12.1 Å². The monoisotopic (exact) mass is 442 g/mol. The van der Waals surface area contributed by atoms with E-state index in [-0.39, 0.29) is 11.8 Å². The predicted molar refractivity (Wildman–Crippen MR) is 120 cm³/mol. The van der Waals surface area contributed by atoms with Gasteiger partial charge in [-0.05, 0) is 61.4 Å². The van der Waals surface area contributed by atoms with Crippen LogP contribution in [0.1, 0.15) is 25.7 Å². The maximum Gasteiger partial charge on any atom is 0.283 e. The zero-order chi connectivity index (χ0) is 21.1. The summed E-state index contributed by atoms with van der Waals surface area (Å²) in [7, 11) is 1.58. The van der Waals surface area contributed by atoms with Gasteiger partial charge in [0.1, 0.15) is 16.4 Å². The Morgan fingerprint density at radius 1 is 0.867 bits per heavy atom. The van der Waals surface area contributed by atoms with Crippen LogP contribution >= 0.6 is 23.4 Å². The molecule has 2 aromatic rings. The summed E-state index contributed by atoms with van der Waals surface area (Å²) in [5.41, 5.74) is 1.06. The lowest BCUT2D eigenvalue weighted by Crippen LogP contribution is -2.35. The summed E-state index contributed by atoms with van der Waals surface area (Å²) in [5, 5.41) is 0.634. The number of imide groups is 1. The Bertz CT molecular complexity index is 965. The Balaban J connectivity index is 1.71. The van der Waals surface area contributed by atoms with Crippen LogP contribution in [0.15, 0.2) is 64.0 Å². The molecule has 1 saturated heterocycles. The highest BCUT2D eigenvalue weighted by Gasteiger charge is 2.42. The molecule has 4 rings (SSSR count). The van der Waals surface area contributed by atoms with Gasteiger partial charge in [0.2, 0.25) is 0 Å². The molecule has 0 atom stereocenters. The van der Waals surface area contributed by atoms with Crippen molar-refractivity contribution in [2.45, 2.75) is 30.6 Å². The molecule has 2 heterocycles. The van der Waals surface area contributed by atoms with Crippen LogP contribution in [0.4, 0.5) is 5.69 Å². The topological polar surface area (TPSA) is 49.9 Å². The van der Waals surface area contributed by atoms with E-state index in [9.17, 15) is 9.59 Å². The van der Waals surface area contributed by atoms with Crippen molar-refractivity contribution >= 4 is 40.9 Å². The molecule has 7 heteroatoms. The average molecular weight is 443 g/mol. The molecule has 5 nitrogen and oxygen atoms in total. The molecule has 0 radical (unpaired) electrons. The molecule has 0 aliphatic carbocycles. The molecule has 2 aliphatic heterocycles. The maximum atomic E-state index is 13.5. The zero-order valence-corrected chi connectivity index (χ0v) is 18.3. The first kappa shape index (κ1) is 20.8. The predicted octanol–water partition coefficient (Wildman–Crippen LogP) is 5.10. The lowest BCUT2D eigenvalue weighted by atomic mass is 10.2. The summed E-state index contributed by atoms with van der Waals surface area (Å²) in [4.78, 5) is 31.6. The highest BCUT2D eigenvalue weighted by atomic mass is 35.5. The summed E-state index contributed by atoms with van der Waals surface area (Å²) in [5.74, 6) is 0.127. The average Bonchev–Trinajstić information content (AvgIpc) is 2.93. The fourth-order valence-corrected chi connectivity index (χ4v) is 4.88. The summed E-state index contributed by atoms with van der Waals surface area (Å²) >= 11 is 7.34. The van der Waals surface area contributed by atoms with Crippen molar-refractivity contribution in [2.75, 3.05) is 25.1 Å². The third kappa shape index (κ3) is 4.20. The van der Waals surface area contributed by atoms with Crippen molar-refractivity contribution in [3.63, 3.8) is 0 Å². The first-order valence-corrected chi connectivity index (χ1v) is 11.2. The summed E-state index contributed by atoms with van der Waals surface area (Å²) < 4.78 is 5.20. The second-order valence-corrected chi connectivity index (χ2v) is 8.80. The van der Waals surface area contributed by atoms with Crippen molar-refractivity contribution in [2.24, 2.45) is 0 Å². The number of benzene rings is 2. The lowest BCUT2D eigenvalue weighted by Gasteiger charge is -2.24. The Morgan fingerprint density at radius 2 is 1.50 bits per heavy atom. The third-order valence-corrected chi connectivity index (χ3v) is 6.64. The number of methoxy groups -OCH3 is 1. The van der Waals surface area contributed by atoms with Crippen molar-refractivity contribution in [1.82, 2.24) is 4.90 Å². The number of anilines is 1. The number of likely N-dealkylation sites (tertiary alicyclic amines) is 1.